The number of para-hydroxylation sites is 1. The molecule has 0 heterocycles. The van der Waals surface area contributed by atoms with Gasteiger partial charge in [-0.2, -0.15) is 5.10 Å². The molecule has 1 unspecified atom stereocenters. The number of carbonyl (C=O) groups is 1. The van der Waals surface area contributed by atoms with Crippen molar-refractivity contribution in [2.45, 2.75) is 13.0 Å². The fourth-order valence-corrected chi connectivity index (χ4v) is 2.01. The molecule has 120 valence electrons. The van der Waals surface area contributed by atoms with Crippen molar-refractivity contribution in [3.05, 3.63) is 59.1 Å². The lowest BCUT2D eigenvalue weighted by atomic mass is 10.2. The molecule has 1 N–H and O–H groups in total. The fraction of sp³-hybridized carbons (Fsp3) is 0.176. The molecule has 0 aliphatic carbocycles. The third kappa shape index (κ3) is 5.00. The van der Waals surface area contributed by atoms with E-state index in [4.69, 9.17) is 21.1 Å². The Morgan fingerprint density at radius 2 is 2.04 bits per heavy atom. The van der Waals surface area contributed by atoms with Crippen molar-refractivity contribution in [3.8, 4) is 11.5 Å². The summed E-state index contributed by atoms with van der Waals surface area (Å²) in [6.45, 7) is 1.63. The van der Waals surface area contributed by atoms with Gasteiger partial charge in [0.05, 0.1) is 13.3 Å². The van der Waals surface area contributed by atoms with Crippen LogP contribution >= 0.6 is 11.6 Å². The zero-order valence-corrected chi connectivity index (χ0v) is 13.6. The summed E-state index contributed by atoms with van der Waals surface area (Å²) in [5.41, 5.74) is 3.20. The predicted molar refractivity (Wildman–Crippen MR) is 90.3 cm³/mol. The lowest BCUT2D eigenvalue weighted by molar-refractivity contribution is -0.127. The molecular weight excluding hydrogens is 316 g/mol. The Balaban J connectivity index is 1.92. The zero-order chi connectivity index (χ0) is 16.7. The summed E-state index contributed by atoms with van der Waals surface area (Å²) < 4.78 is 10.7. The molecule has 0 bridgehead atoms. The molecule has 1 amide bonds. The van der Waals surface area contributed by atoms with Crippen LogP contribution < -0.4 is 14.9 Å². The van der Waals surface area contributed by atoms with Gasteiger partial charge >= 0.3 is 0 Å². The van der Waals surface area contributed by atoms with Crippen molar-refractivity contribution in [2.75, 3.05) is 7.11 Å². The molecule has 2 aromatic carbocycles. The lowest BCUT2D eigenvalue weighted by Gasteiger charge is -2.13. The topological polar surface area (TPSA) is 59.9 Å². The van der Waals surface area contributed by atoms with Gasteiger partial charge in [0.15, 0.2) is 6.10 Å². The third-order valence-corrected chi connectivity index (χ3v) is 3.23. The second kappa shape index (κ2) is 8.19. The van der Waals surface area contributed by atoms with Gasteiger partial charge in [0.25, 0.3) is 5.91 Å². The molecule has 0 aliphatic heterocycles. The van der Waals surface area contributed by atoms with E-state index >= 15 is 0 Å². The average molecular weight is 333 g/mol. The van der Waals surface area contributed by atoms with E-state index in [1.165, 1.54) is 6.21 Å². The number of halogens is 1. The molecule has 0 aliphatic rings. The molecule has 0 fully saturated rings. The van der Waals surface area contributed by atoms with Crippen LogP contribution in [0.1, 0.15) is 12.5 Å². The van der Waals surface area contributed by atoms with Crippen LogP contribution in [-0.4, -0.2) is 25.3 Å². The molecule has 0 spiro atoms. The van der Waals surface area contributed by atoms with Crippen LogP contribution in [0.2, 0.25) is 5.02 Å². The number of hydrogen-bond acceptors (Lipinski definition) is 4. The Labute approximate surface area is 139 Å². The van der Waals surface area contributed by atoms with E-state index in [0.717, 1.165) is 5.56 Å². The van der Waals surface area contributed by atoms with E-state index in [2.05, 4.69) is 10.5 Å². The van der Waals surface area contributed by atoms with E-state index in [0.29, 0.717) is 16.5 Å². The van der Waals surface area contributed by atoms with Gasteiger partial charge in [0.2, 0.25) is 0 Å². The van der Waals surface area contributed by atoms with Crippen molar-refractivity contribution in [3.63, 3.8) is 0 Å². The molecule has 2 aromatic rings. The van der Waals surface area contributed by atoms with E-state index < -0.39 is 6.10 Å². The number of carbonyl (C=O) groups excluding carboxylic acids is 1. The second-order valence-corrected chi connectivity index (χ2v) is 5.13. The van der Waals surface area contributed by atoms with Crippen molar-refractivity contribution < 1.29 is 14.3 Å². The highest BCUT2D eigenvalue weighted by molar-refractivity contribution is 6.30. The Hall–Kier alpha value is -2.53. The minimum absolute atomic E-state index is 0.365. The van der Waals surface area contributed by atoms with Gasteiger partial charge in [-0.15, -0.1) is 0 Å². The standard InChI is InChI=1S/C17H17ClN2O3/c1-12(23-15-8-5-7-14(18)10-15)17(21)20-19-11-13-6-3-4-9-16(13)22-2/h3-12H,1-2H3,(H,20,21)/b19-11+. The first kappa shape index (κ1) is 16.8. The van der Waals surface area contributed by atoms with Crippen LogP contribution in [0.3, 0.4) is 0 Å². The molecule has 6 heteroatoms. The van der Waals surface area contributed by atoms with E-state index in [1.807, 2.05) is 24.3 Å². The first-order chi connectivity index (χ1) is 11.1. The van der Waals surface area contributed by atoms with Crippen LogP contribution in [0.15, 0.2) is 53.6 Å². The number of nitrogens with zero attached hydrogens (tertiary/aromatic N) is 1. The fourth-order valence-electron chi connectivity index (χ4n) is 1.83. The highest BCUT2D eigenvalue weighted by Gasteiger charge is 2.14. The molecule has 23 heavy (non-hydrogen) atoms. The third-order valence-electron chi connectivity index (χ3n) is 3.00. The van der Waals surface area contributed by atoms with Crippen molar-refractivity contribution in [1.29, 1.82) is 0 Å². The Bertz CT molecular complexity index is 704. The smallest absolute Gasteiger partial charge is 0.280 e. The second-order valence-electron chi connectivity index (χ2n) is 4.69. The van der Waals surface area contributed by atoms with Crippen LogP contribution in [0.5, 0.6) is 11.5 Å². The van der Waals surface area contributed by atoms with Crippen LogP contribution in [0.4, 0.5) is 0 Å². The maximum absolute atomic E-state index is 12.0. The molecule has 0 saturated heterocycles. The summed E-state index contributed by atoms with van der Waals surface area (Å²) in [6.07, 6.45) is 0.811. The van der Waals surface area contributed by atoms with Crippen molar-refractivity contribution >= 4 is 23.7 Å². The highest BCUT2D eigenvalue weighted by Crippen LogP contribution is 2.18. The van der Waals surface area contributed by atoms with Gasteiger partial charge in [-0.25, -0.2) is 5.43 Å². The number of nitrogens with one attached hydrogen (secondary N) is 1. The first-order valence-electron chi connectivity index (χ1n) is 6.98. The maximum atomic E-state index is 12.0. The number of benzene rings is 2. The van der Waals surface area contributed by atoms with Gasteiger partial charge in [-0.05, 0) is 37.3 Å². The van der Waals surface area contributed by atoms with Gasteiger partial charge in [-0.1, -0.05) is 29.8 Å². The number of hydrogen-bond donors (Lipinski definition) is 1. The normalized spacial score (nSPS) is 12.0. The lowest BCUT2D eigenvalue weighted by Crippen LogP contribution is -2.33. The molecule has 2 rings (SSSR count). The predicted octanol–water partition coefficient (Wildman–Crippen LogP) is 3.27. The van der Waals surface area contributed by atoms with Gasteiger partial charge in [0, 0.05) is 10.6 Å². The monoisotopic (exact) mass is 332 g/mol. The van der Waals surface area contributed by atoms with Crippen LogP contribution in [0, 0.1) is 0 Å². The van der Waals surface area contributed by atoms with E-state index in [1.54, 1.807) is 38.3 Å². The Kier molecular flexibility index (Phi) is 6.00. The summed E-state index contributed by atoms with van der Waals surface area (Å²) >= 11 is 5.87. The average Bonchev–Trinajstić information content (AvgIpc) is 2.55. The van der Waals surface area contributed by atoms with Crippen molar-refractivity contribution in [1.82, 2.24) is 5.43 Å². The maximum Gasteiger partial charge on any atom is 0.280 e. The van der Waals surface area contributed by atoms with E-state index in [9.17, 15) is 4.79 Å². The molecular formula is C17H17ClN2O3. The summed E-state index contributed by atoms with van der Waals surface area (Å²) in [5.74, 6) is 0.832. The quantitative estimate of drug-likeness (QED) is 0.652. The Morgan fingerprint density at radius 1 is 1.26 bits per heavy atom. The minimum atomic E-state index is -0.705. The van der Waals surface area contributed by atoms with Gasteiger partial charge in [0.1, 0.15) is 11.5 Å². The molecule has 1 atom stereocenters. The zero-order valence-electron chi connectivity index (χ0n) is 12.8. The molecule has 0 saturated carbocycles. The Morgan fingerprint density at radius 3 is 2.78 bits per heavy atom. The molecule has 5 nitrogen and oxygen atoms in total. The van der Waals surface area contributed by atoms with Gasteiger partial charge in [-0.3, -0.25) is 4.79 Å². The SMILES string of the molecule is COc1ccccc1/C=N/NC(=O)C(C)Oc1cccc(Cl)c1. The minimum Gasteiger partial charge on any atom is -0.496 e. The van der Waals surface area contributed by atoms with Crippen molar-refractivity contribution in [2.24, 2.45) is 5.10 Å². The number of hydrazone groups is 1. The highest BCUT2D eigenvalue weighted by atomic mass is 35.5. The summed E-state index contributed by atoms with van der Waals surface area (Å²) in [6, 6.07) is 14.2. The van der Waals surface area contributed by atoms with E-state index in [-0.39, 0.29) is 5.91 Å². The molecule has 0 aromatic heterocycles. The van der Waals surface area contributed by atoms with Gasteiger partial charge < -0.3 is 9.47 Å². The number of ether oxygens (including phenoxy) is 2. The number of rotatable bonds is 6. The largest absolute Gasteiger partial charge is 0.496 e. The van der Waals surface area contributed by atoms with Crippen LogP contribution in [-0.2, 0) is 4.79 Å². The summed E-state index contributed by atoms with van der Waals surface area (Å²) in [7, 11) is 1.58. The number of amides is 1. The molecule has 0 radical (unpaired) electrons. The van der Waals surface area contributed by atoms with Crippen LogP contribution in [0.25, 0.3) is 0 Å². The summed E-state index contributed by atoms with van der Waals surface area (Å²) in [4.78, 5) is 12.0. The number of methoxy groups -OCH3 is 1. The summed E-state index contributed by atoms with van der Waals surface area (Å²) in [5, 5.41) is 4.47. The first-order valence-corrected chi connectivity index (χ1v) is 7.36.